The highest BCUT2D eigenvalue weighted by Crippen LogP contribution is 2.19. The summed E-state index contributed by atoms with van der Waals surface area (Å²) in [6.45, 7) is 6.01. The van der Waals surface area contributed by atoms with Crippen molar-refractivity contribution in [2.24, 2.45) is 5.73 Å². The van der Waals surface area contributed by atoms with Crippen LogP contribution < -0.4 is 10.5 Å². The van der Waals surface area contributed by atoms with Gasteiger partial charge in [0.2, 0.25) is 10.9 Å². The lowest BCUT2D eigenvalue weighted by molar-refractivity contribution is 0.0484. The van der Waals surface area contributed by atoms with E-state index in [9.17, 15) is 13.2 Å². The second-order valence-corrected chi connectivity index (χ2v) is 7.82. The average Bonchev–Trinajstić information content (AvgIpc) is 3.11. The minimum absolute atomic E-state index is 0.00119. The predicted octanol–water partition coefficient (Wildman–Crippen LogP) is 2.56. The Balaban J connectivity index is 2.02. The number of hydrogen-bond donors (Lipinski definition) is 2. The fourth-order valence-electron chi connectivity index (χ4n) is 2.29. The summed E-state index contributed by atoms with van der Waals surface area (Å²) in [5.74, 6) is -0.469. The summed E-state index contributed by atoms with van der Waals surface area (Å²) in [5.41, 5.74) is 8.07. The van der Waals surface area contributed by atoms with Crippen LogP contribution in [0.2, 0.25) is 0 Å². The Morgan fingerprint density at radius 1 is 1.15 bits per heavy atom. The summed E-state index contributed by atoms with van der Waals surface area (Å²) in [4.78, 5) is 11.6. The molecular weight excluding hydrogens is 356 g/mol. The van der Waals surface area contributed by atoms with E-state index < -0.39 is 22.0 Å². The van der Waals surface area contributed by atoms with Crippen molar-refractivity contribution in [3.8, 4) is 0 Å². The molecule has 1 atom stereocenters. The van der Waals surface area contributed by atoms with Crippen molar-refractivity contribution in [2.75, 3.05) is 13.2 Å². The van der Waals surface area contributed by atoms with Crippen molar-refractivity contribution in [3.63, 3.8) is 0 Å². The highest BCUT2D eigenvalue weighted by molar-refractivity contribution is 7.89. The molecule has 0 fully saturated rings. The number of carbonyl (C=O) groups is 1. The van der Waals surface area contributed by atoms with Crippen LogP contribution in [0.5, 0.6) is 0 Å². The van der Waals surface area contributed by atoms with Gasteiger partial charge in [-0.05, 0) is 36.1 Å². The molecule has 1 aromatic carbocycles. The van der Waals surface area contributed by atoms with Gasteiger partial charge in [-0.3, -0.25) is 0 Å². The van der Waals surface area contributed by atoms with Gasteiger partial charge in [-0.1, -0.05) is 38.1 Å². The molecule has 2 rings (SSSR count). The first-order valence-corrected chi connectivity index (χ1v) is 9.85. The Morgan fingerprint density at radius 2 is 1.77 bits per heavy atom. The molecule has 8 heteroatoms. The Kier molecular flexibility index (Phi) is 6.57. The van der Waals surface area contributed by atoms with E-state index >= 15 is 0 Å². The molecule has 0 saturated heterocycles. The summed E-state index contributed by atoms with van der Waals surface area (Å²) < 4.78 is 36.8. The number of sulfonamides is 1. The lowest BCUT2D eigenvalue weighted by Gasteiger charge is -2.14. The maximum Gasteiger partial charge on any atom is 0.374 e. The number of hydrogen-bond acceptors (Lipinski definition) is 6. The highest BCUT2D eigenvalue weighted by Gasteiger charge is 2.22. The standard InChI is InChI=1S/C18H24N2O5S/c1-4-24-18(21)16-9-10-17(25-16)26(22,23)20-11-15(19)14-7-5-13(6-8-14)12(2)3/h5-10,12,15,20H,4,11,19H2,1-3H3. The summed E-state index contributed by atoms with van der Waals surface area (Å²) in [7, 11) is -3.92. The fraction of sp³-hybridized carbons (Fsp3) is 0.389. The van der Waals surface area contributed by atoms with Crippen LogP contribution in [0.15, 0.2) is 45.9 Å². The van der Waals surface area contributed by atoms with E-state index in [1.54, 1.807) is 6.92 Å². The third-order valence-corrected chi connectivity index (χ3v) is 5.14. The second-order valence-electron chi connectivity index (χ2n) is 6.12. The van der Waals surface area contributed by atoms with Crippen LogP contribution in [0.3, 0.4) is 0 Å². The van der Waals surface area contributed by atoms with Gasteiger partial charge in [0.15, 0.2) is 0 Å². The van der Waals surface area contributed by atoms with Crippen molar-refractivity contribution in [1.29, 1.82) is 0 Å². The number of nitrogens with two attached hydrogens (primary N) is 1. The zero-order valence-corrected chi connectivity index (χ0v) is 15.9. The van der Waals surface area contributed by atoms with Gasteiger partial charge < -0.3 is 14.9 Å². The van der Waals surface area contributed by atoms with Crippen molar-refractivity contribution >= 4 is 16.0 Å². The average molecular weight is 380 g/mol. The molecule has 0 amide bonds. The summed E-state index contributed by atoms with van der Waals surface area (Å²) in [6.07, 6.45) is 0. The maximum absolute atomic E-state index is 12.3. The van der Waals surface area contributed by atoms with Gasteiger partial charge in [0.1, 0.15) is 0 Å². The smallest absolute Gasteiger partial charge is 0.374 e. The van der Waals surface area contributed by atoms with E-state index in [2.05, 4.69) is 18.6 Å². The molecule has 1 aromatic heterocycles. The fourth-order valence-corrected chi connectivity index (χ4v) is 3.28. The number of nitrogens with one attached hydrogen (secondary N) is 1. The lowest BCUT2D eigenvalue weighted by Crippen LogP contribution is -2.31. The molecule has 0 bridgehead atoms. The monoisotopic (exact) mass is 380 g/mol. The molecule has 26 heavy (non-hydrogen) atoms. The topological polar surface area (TPSA) is 112 Å². The minimum atomic E-state index is -3.92. The first-order valence-electron chi connectivity index (χ1n) is 8.36. The SMILES string of the molecule is CCOC(=O)c1ccc(S(=O)(=O)NCC(N)c2ccc(C(C)C)cc2)o1. The zero-order chi connectivity index (χ0) is 19.3. The molecule has 2 aromatic rings. The van der Waals surface area contributed by atoms with Crippen LogP contribution in [-0.4, -0.2) is 27.5 Å². The Bertz CT molecular complexity index is 841. The molecule has 0 aliphatic rings. The molecule has 142 valence electrons. The second kappa shape index (κ2) is 8.48. The lowest BCUT2D eigenvalue weighted by atomic mass is 9.99. The third-order valence-electron chi connectivity index (χ3n) is 3.85. The molecule has 1 unspecified atom stereocenters. The summed E-state index contributed by atoms with van der Waals surface area (Å²) >= 11 is 0. The molecule has 3 N–H and O–H groups in total. The van der Waals surface area contributed by atoms with Crippen LogP contribution in [0, 0.1) is 0 Å². The summed E-state index contributed by atoms with van der Waals surface area (Å²) in [6, 6.07) is 9.69. The van der Waals surface area contributed by atoms with E-state index in [0.717, 1.165) is 5.56 Å². The van der Waals surface area contributed by atoms with Gasteiger partial charge in [-0.2, -0.15) is 0 Å². The molecule has 0 radical (unpaired) electrons. The largest absolute Gasteiger partial charge is 0.460 e. The number of esters is 1. The first kappa shape index (κ1) is 20.2. The number of benzene rings is 1. The van der Waals surface area contributed by atoms with E-state index in [1.807, 2.05) is 24.3 Å². The number of ether oxygens (including phenoxy) is 1. The van der Waals surface area contributed by atoms with Crippen molar-refractivity contribution in [3.05, 3.63) is 53.3 Å². The van der Waals surface area contributed by atoms with Gasteiger partial charge in [-0.25, -0.2) is 17.9 Å². The predicted molar refractivity (Wildman–Crippen MR) is 97.3 cm³/mol. The minimum Gasteiger partial charge on any atom is -0.460 e. The molecule has 0 aliphatic heterocycles. The third kappa shape index (κ3) is 4.94. The number of carbonyl (C=O) groups excluding carboxylic acids is 1. The molecule has 1 heterocycles. The normalized spacial score (nSPS) is 13.0. The Morgan fingerprint density at radius 3 is 2.35 bits per heavy atom. The van der Waals surface area contributed by atoms with E-state index in [0.29, 0.717) is 5.92 Å². The molecular formula is C18H24N2O5S. The highest BCUT2D eigenvalue weighted by atomic mass is 32.2. The van der Waals surface area contributed by atoms with Gasteiger partial charge in [0.25, 0.3) is 10.0 Å². The molecule has 0 saturated carbocycles. The zero-order valence-electron chi connectivity index (χ0n) is 15.1. The van der Waals surface area contributed by atoms with Gasteiger partial charge in [0, 0.05) is 12.6 Å². The molecule has 0 spiro atoms. The van der Waals surface area contributed by atoms with Gasteiger partial charge >= 0.3 is 5.97 Å². The van der Waals surface area contributed by atoms with Crippen LogP contribution in [0.1, 0.15) is 54.4 Å². The van der Waals surface area contributed by atoms with Crippen LogP contribution in [-0.2, 0) is 14.8 Å². The van der Waals surface area contributed by atoms with Crippen molar-refractivity contribution in [2.45, 2.75) is 37.8 Å². The van der Waals surface area contributed by atoms with Crippen LogP contribution >= 0.6 is 0 Å². The Hall–Kier alpha value is -2.16. The maximum atomic E-state index is 12.3. The quantitative estimate of drug-likeness (QED) is 0.681. The van der Waals surface area contributed by atoms with E-state index in [1.165, 1.54) is 17.7 Å². The van der Waals surface area contributed by atoms with Crippen molar-refractivity contribution < 1.29 is 22.4 Å². The van der Waals surface area contributed by atoms with Crippen LogP contribution in [0.25, 0.3) is 0 Å². The first-order chi connectivity index (χ1) is 12.2. The van der Waals surface area contributed by atoms with E-state index in [4.69, 9.17) is 14.9 Å². The van der Waals surface area contributed by atoms with Crippen LogP contribution in [0.4, 0.5) is 0 Å². The summed E-state index contributed by atoms with van der Waals surface area (Å²) in [5, 5.41) is -0.358. The van der Waals surface area contributed by atoms with E-state index in [-0.39, 0.29) is 24.0 Å². The number of furan rings is 1. The Labute approximate surface area is 153 Å². The van der Waals surface area contributed by atoms with Gasteiger partial charge in [0.05, 0.1) is 6.61 Å². The molecule has 0 aliphatic carbocycles. The van der Waals surface area contributed by atoms with Gasteiger partial charge in [-0.15, -0.1) is 0 Å². The molecule has 7 nitrogen and oxygen atoms in total. The number of rotatable bonds is 8. The van der Waals surface area contributed by atoms with Crippen molar-refractivity contribution in [1.82, 2.24) is 4.72 Å².